The van der Waals surface area contributed by atoms with Crippen molar-refractivity contribution in [1.82, 2.24) is 0 Å². The van der Waals surface area contributed by atoms with Crippen LogP contribution in [0.4, 0.5) is 0 Å². The largest absolute Gasteiger partial charge is 0.481 e. The number of hydrogen-bond acceptors (Lipinski definition) is 3. The lowest BCUT2D eigenvalue weighted by molar-refractivity contribution is -0.150. The summed E-state index contributed by atoms with van der Waals surface area (Å²) in [7, 11) is 0. The van der Waals surface area contributed by atoms with Crippen molar-refractivity contribution in [2.45, 2.75) is 206 Å². The minimum Gasteiger partial charge on any atom is -0.481 e. The van der Waals surface area contributed by atoms with Crippen molar-refractivity contribution >= 4 is 11.9 Å². The highest BCUT2D eigenvalue weighted by Crippen LogP contribution is 2.18. The summed E-state index contributed by atoms with van der Waals surface area (Å²) < 4.78 is 5.96. The fourth-order valence-electron chi connectivity index (χ4n) is 5.45. The molecule has 0 aromatic carbocycles. The topological polar surface area (TPSA) is 63.6 Å². The van der Waals surface area contributed by atoms with Gasteiger partial charge in [0.1, 0.15) is 6.10 Å². The standard InChI is InChI=1S/C38H70O4/c1-3-5-7-9-11-13-15-16-18-20-22-27-31-35-38(41)42-36(33-29-25-23-26-30-34-37(39)40)32-28-24-21-19-17-14-12-10-8-6-4-2/h12,14,19,21,36H,3-11,13,15-18,20,22-35H2,1-2H3,(H,39,40)/b14-12-,21-19-. The zero-order valence-corrected chi connectivity index (χ0v) is 28.1. The van der Waals surface area contributed by atoms with Crippen LogP contribution in [-0.2, 0) is 14.3 Å². The fraction of sp³-hybridized carbons (Fsp3) is 0.842. The van der Waals surface area contributed by atoms with E-state index in [2.05, 4.69) is 38.2 Å². The molecule has 0 aromatic heterocycles. The first-order valence-corrected chi connectivity index (χ1v) is 18.3. The van der Waals surface area contributed by atoms with E-state index in [1.165, 1.54) is 96.3 Å². The minimum atomic E-state index is -0.706. The number of aliphatic carboxylic acids is 1. The molecule has 1 atom stereocenters. The Morgan fingerprint density at radius 1 is 0.524 bits per heavy atom. The van der Waals surface area contributed by atoms with Gasteiger partial charge in [-0.05, 0) is 64.2 Å². The van der Waals surface area contributed by atoms with E-state index in [0.29, 0.717) is 6.42 Å². The van der Waals surface area contributed by atoms with Gasteiger partial charge in [-0.1, -0.05) is 147 Å². The zero-order chi connectivity index (χ0) is 30.8. The van der Waals surface area contributed by atoms with Crippen LogP contribution >= 0.6 is 0 Å². The highest BCUT2D eigenvalue weighted by atomic mass is 16.5. The Balaban J connectivity index is 4.10. The van der Waals surface area contributed by atoms with Gasteiger partial charge in [0, 0.05) is 12.8 Å². The van der Waals surface area contributed by atoms with Crippen molar-refractivity contribution in [2.24, 2.45) is 0 Å². The van der Waals surface area contributed by atoms with Crippen molar-refractivity contribution in [2.75, 3.05) is 0 Å². The number of unbranched alkanes of at least 4 members (excludes halogenated alkanes) is 20. The Morgan fingerprint density at radius 3 is 1.50 bits per heavy atom. The molecule has 4 nitrogen and oxygen atoms in total. The lowest BCUT2D eigenvalue weighted by Crippen LogP contribution is -2.18. The van der Waals surface area contributed by atoms with Crippen molar-refractivity contribution < 1.29 is 19.4 Å². The van der Waals surface area contributed by atoms with Crippen molar-refractivity contribution in [3.8, 4) is 0 Å². The molecule has 1 N–H and O–H groups in total. The molecule has 0 aliphatic rings. The van der Waals surface area contributed by atoms with Crippen LogP contribution in [0.5, 0.6) is 0 Å². The van der Waals surface area contributed by atoms with Crippen LogP contribution in [0.1, 0.15) is 200 Å². The van der Waals surface area contributed by atoms with Crippen LogP contribution in [-0.4, -0.2) is 23.1 Å². The second-order valence-electron chi connectivity index (χ2n) is 12.4. The van der Waals surface area contributed by atoms with Gasteiger partial charge in [0.05, 0.1) is 0 Å². The summed E-state index contributed by atoms with van der Waals surface area (Å²) >= 11 is 0. The van der Waals surface area contributed by atoms with Gasteiger partial charge in [-0.2, -0.15) is 0 Å². The van der Waals surface area contributed by atoms with Gasteiger partial charge in [0.25, 0.3) is 0 Å². The highest BCUT2D eigenvalue weighted by molar-refractivity contribution is 5.69. The van der Waals surface area contributed by atoms with Crippen LogP contribution < -0.4 is 0 Å². The van der Waals surface area contributed by atoms with Crippen LogP contribution in [0.3, 0.4) is 0 Å². The summed E-state index contributed by atoms with van der Waals surface area (Å²) in [6.07, 6.45) is 41.9. The Bertz CT molecular complexity index is 639. The van der Waals surface area contributed by atoms with Crippen LogP contribution in [0, 0.1) is 0 Å². The Hall–Kier alpha value is -1.58. The average Bonchev–Trinajstić information content (AvgIpc) is 2.97. The molecule has 0 fully saturated rings. The predicted octanol–water partition coefficient (Wildman–Crippen LogP) is 12.4. The molecule has 0 bridgehead atoms. The summed E-state index contributed by atoms with van der Waals surface area (Å²) in [5.74, 6) is -0.726. The zero-order valence-electron chi connectivity index (χ0n) is 28.1. The fourth-order valence-corrected chi connectivity index (χ4v) is 5.45. The van der Waals surface area contributed by atoms with Crippen LogP contribution in [0.25, 0.3) is 0 Å². The van der Waals surface area contributed by atoms with Gasteiger partial charge < -0.3 is 9.84 Å². The van der Waals surface area contributed by atoms with Gasteiger partial charge in [0.15, 0.2) is 0 Å². The SMILES string of the molecule is CCCCC/C=C\C/C=C\CCCC(CCCCCCCC(=O)O)OC(=O)CCCCCCCCCCCCCCC. The van der Waals surface area contributed by atoms with Crippen LogP contribution in [0.15, 0.2) is 24.3 Å². The Labute approximate surface area is 261 Å². The number of carbonyl (C=O) groups is 2. The molecule has 0 spiro atoms. The molecule has 0 heterocycles. The molecule has 0 amide bonds. The molecule has 0 radical (unpaired) electrons. The monoisotopic (exact) mass is 591 g/mol. The molecule has 0 rings (SSSR count). The first-order chi connectivity index (χ1) is 20.6. The summed E-state index contributed by atoms with van der Waals surface area (Å²) in [5.41, 5.74) is 0. The average molecular weight is 591 g/mol. The number of hydrogen-bond donors (Lipinski definition) is 1. The van der Waals surface area contributed by atoms with E-state index in [9.17, 15) is 9.59 Å². The second-order valence-corrected chi connectivity index (χ2v) is 12.4. The quantitative estimate of drug-likeness (QED) is 0.0469. The minimum absolute atomic E-state index is 0.0188. The Morgan fingerprint density at radius 2 is 0.952 bits per heavy atom. The van der Waals surface area contributed by atoms with Crippen molar-refractivity contribution in [3.05, 3.63) is 24.3 Å². The normalized spacial score (nSPS) is 12.4. The number of rotatable bonds is 33. The smallest absolute Gasteiger partial charge is 0.306 e. The van der Waals surface area contributed by atoms with Crippen molar-refractivity contribution in [3.63, 3.8) is 0 Å². The summed E-state index contributed by atoms with van der Waals surface area (Å²) in [6.45, 7) is 4.51. The molecular weight excluding hydrogens is 520 g/mol. The summed E-state index contributed by atoms with van der Waals surface area (Å²) in [4.78, 5) is 23.3. The first-order valence-electron chi connectivity index (χ1n) is 18.3. The van der Waals surface area contributed by atoms with Gasteiger partial charge >= 0.3 is 11.9 Å². The molecule has 246 valence electrons. The van der Waals surface area contributed by atoms with Crippen molar-refractivity contribution in [1.29, 1.82) is 0 Å². The maximum Gasteiger partial charge on any atom is 0.306 e. The summed E-state index contributed by atoms with van der Waals surface area (Å²) in [6, 6.07) is 0. The van der Waals surface area contributed by atoms with E-state index in [4.69, 9.17) is 9.84 Å². The number of ether oxygens (including phenoxy) is 1. The maximum atomic E-state index is 12.6. The van der Waals surface area contributed by atoms with Crippen LogP contribution in [0.2, 0.25) is 0 Å². The van der Waals surface area contributed by atoms with Gasteiger partial charge in [-0.15, -0.1) is 0 Å². The molecule has 42 heavy (non-hydrogen) atoms. The van der Waals surface area contributed by atoms with E-state index >= 15 is 0 Å². The third-order valence-corrected chi connectivity index (χ3v) is 8.18. The molecule has 4 heteroatoms. The number of allylic oxidation sites excluding steroid dienone is 4. The van der Waals surface area contributed by atoms with E-state index in [-0.39, 0.29) is 18.5 Å². The maximum absolute atomic E-state index is 12.6. The molecular formula is C38H70O4. The molecule has 0 aliphatic carbocycles. The van der Waals surface area contributed by atoms with Gasteiger partial charge in [-0.3, -0.25) is 9.59 Å². The Kier molecular flexibility index (Phi) is 32.6. The van der Waals surface area contributed by atoms with E-state index < -0.39 is 5.97 Å². The van der Waals surface area contributed by atoms with E-state index in [1.54, 1.807) is 0 Å². The van der Waals surface area contributed by atoms with E-state index in [0.717, 1.165) is 77.0 Å². The predicted molar refractivity (Wildman–Crippen MR) is 181 cm³/mol. The van der Waals surface area contributed by atoms with Gasteiger partial charge in [-0.25, -0.2) is 0 Å². The summed E-state index contributed by atoms with van der Waals surface area (Å²) in [5, 5.41) is 8.79. The lowest BCUT2D eigenvalue weighted by atomic mass is 10.0. The number of carbonyl (C=O) groups excluding carboxylic acids is 1. The molecule has 0 aromatic rings. The molecule has 0 aliphatic heterocycles. The third kappa shape index (κ3) is 32.9. The molecule has 1 unspecified atom stereocenters. The first kappa shape index (κ1) is 40.4. The van der Waals surface area contributed by atoms with E-state index in [1.807, 2.05) is 0 Å². The molecule has 0 saturated heterocycles. The third-order valence-electron chi connectivity index (χ3n) is 8.18. The second kappa shape index (κ2) is 33.9. The molecule has 0 saturated carbocycles. The number of carboxylic acid groups (broad SMARTS) is 1. The van der Waals surface area contributed by atoms with Gasteiger partial charge in [0.2, 0.25) is 0 Å². The number of esters is 1. The number of carboxylic acids is 1. The highest BCUT2D eigenvalue weighted by Gasteiger charge is 2.14. The lowest BCUT2D eigenvalue weighted by Gasteiger charge is -2.18.